The average molecular weight is 504 g/mol. The maximum atomic E-state index is 11.2. The van der Waals surface area contributed by atoms with Gasteiger partial charge in [-0.25, -0.2) is 0 Å². The molecule has 0 aromatic heterocycles. The molecule has 198 valence electrons. The third-order valence-corrected chi connectivity index (χ3v) is 6.94. The Morgan fingerprint density at radius 2 is 1.89 bits per heavy atom. The lowest BCUT2D eigenvalue weighted by atomic mass is 9.97. The van der Waals surface area contributed by atoms with Gasteiger partial charge in [-0.2, -0.15) is 0 Å². The van der Waals surface area contributed by atoms with E-state index >= 15 is 0 Å². The lowest BCUT2D eigenvalue weighted by Crippen LogP contribution is -2.32. The number of fused-ring (bicyclic) bond motifs is 1. The summed E-state index contributed by atoms with van der Waals surface area (Å²) in [6.45, 7) is 10.6. The molecule has 0 radical (unpaired) electrons. The van der Waals surface area contributed by atoms with E-state index in [2.05, 4.69) is 54.4 Å². The maximum absolute atomic E-state index is 11.2. The number of nitrogen functional groups attached to an aromatic ring is 1. The molecule has 1 heterocycles. The van der Waals surface area contributed by atoms with Gasteiger partial charge in [0.2, 0.25) is 0 Å². The molecule has 0 amide bonds. The number of carbonyl (C=O) groups is 1. The molecule has 3 aromatic carbocycles. The smallest absolute Gasteiger partial charge is 0.306 e. The molecule has 0 aliphatic carbocycles. The van der Waals surface area contributed by atoms with E-state index in [0.29, 0.717) is 6.42 Å². The molecular weight excluding hydrogens is 462 g/mol. The lowest BCUT2D eigenvalue weighted by molar-refractivity contribution is -0.141. The highest BCUT2D eigenvalue weighted by atomic mass is 16.5. The van der Waals surface area contributed by atoms with Crippen LogP contribution in [0.25, 0.3) is 0 Å². The minimum Gasteiger partial charge on any atom is -0.489 e. The number of nitrogens with one attached hydrogen (secondary N) is 1. The SMILES string of the molecule is CCC1CN(Cc2cc(CC(C)C(=O)O)ccc2C)Cc2ccccc2O1.CNc1cccc(C)c1N. The second-order valence-electron chi connectivity index (χ2n) is 9.92. The van der Waals surface area contributed by atoms with E-state index in [-0.39, 0.29) is 12.0 Å². The molecule has 1 aliphatic rings. The van der Waals surface area contributed by atoms with E-state index in [1.807, 2.05) is 44.3 Å². The zero-order chi connectivity index (χ0) is 26.9. The van der Waals surface area contributed by atoms with Gasteiger partial charge in [0.1, 0.15) is 11.9 Å². The normalized spacial score (nSPS) is 15.9. The summed E-state index contributed by atoms with van der Waals surface area (Å²) in [6.07, 6.45) is 1.72. The second kappa shape index (κ2) is 13.2. The summed E-state index contributed by atoms with van der Waals surface area (Å²) in [5.41, 5.74) is 13.5. The molecule has 4 N–H and O–H groups in total. The molecule has 37 heavy (non-hydrogen) atoms. The summed E-state index contributed by atoms with van der Waals surface area (Å²) in [6, 6.07) is 20.6. The molecule has 4 rings (SSSR count). The van der Waals surface area contributed by atoms with Crippen molar-refractivity contribution >= 4 is 17.3 Å². The number of hydrogen-bond donors (Lipinski definition) is 3. The van der Waals surface area contributed by atoms with Gasteiger partial charge < -0.3 is 20.9 Å². The van der Waals surface area contributed by atoms with Gasteiger partial charge in [-0.05, 0) is 61.1 Å². The zero-order valence-corrected chi connectivity index (χ0v) is 22.8. The van der Waals surface area contributed by atoms with Crippen LogP contribution in [-0.4, -0.2) is 35.7 Å². The lowest BCUT2D eigenvalue weighted by Gasteiger charge is -2.24. The molecular formula is C31H41N3O3. The van der Waals surface area contributed by atoms with E-state index in [0.717, 1.165) is 54.3 Å². The topological polar surface area (TPSA) is 87.8 Å². The molecule has 0 saturated heterocycles. The third kappa shape index (κ3) is 7.73. The third-order valence-electron chi connectivity index (χ3n) is 6.94. The van der Waals surface area contributed by atoms with Crippen molar-refractivity contribution in [3.63, 3.8) is 0 Å². The van der Waals surface area contributed by atoms with Crippen LogP contribution >= 0.6 is 0 Å². The van der Waals surface area contributed by atoms with Gasteiger partial charge >= 0.3 is 5.97 Å². The summed E-state index contributed by atoms with van der Waals surface area (Å²) in [4.78, 5) is 13.6. The number of anilines is 2. The van der Waals surface area contributed by atoms with Crippen molar-refractivity contribution in [3.05, 3.63) is 88.5 Å². The summed E-state index contributed by atoms with van der Waals surface area (Å²) in [5, 5.41) is 12.2. The van der Waals surface area contributed by atoms with E-state index in [4.69, 9.17) is 10.5 Å². The molecule has 6 nitrogen and oxygen atoms in total. The largest absolute Gasteiger partial charge is 0.489 e. The van der Waals surface area contributed by atoms with Crippen molar-refractivity contribution in [1.29, 1.82) is 0 Å². The Kier molecular flexibility index (Phi) is 9.98. The Morgan fingerprint density at radius 3 is 2.57 bits per heavy atom. The van der Waals surface area contributed by atoms with Gasteiger partial charge in [0.25, 0.3) is 0 Å². The fourth-order valence-corrected chi connectivity index (χ4v) is 4.50. The fourth-order valence-electron chi connectivity index (χ4n) is 4.50. The number of benzene rings is 3. The molecule has 0 spiro atoms. The van der Waals surface area contributed by atoms with Crippen LogP contribution in [0.5, 0.6) is 5.75 Å². The second-order valence-corrected chi connectivity index (χ2v) is 9.92. The molecule has 2 atom stereocenters. The number of hydrogen-bond acceptors (Lipinski definition) is 5. The highest BCUT2D eigenvalue weighted by molar-refractivity contribution is 5.70. The van der Waals surface area contributed by atoms with Crippen molar-refractivity contribution in [3.8, 4) is 5.75 Å². The number of para-hydroxylation sites is 2. The van der Waals surface area contributed by atoms with E-state index in [9.17, 15) is 9.90 Å². The number of rotatable bonds is 7. The molecule has 3 aromatic rings. The van der Waals surface area contributed by atoms with E-state index < -0.39 is 5.97 Å². The van der Waals surface area contributed by atoms with Crippen LogP contribution in [0.15, 0.2) is 60.7 Å². The van der Waals surface area contributed by atoms with Gasteiger partial charge in [-0.15, -0.1) is 0 Å². The van der Waals surface area contributed by atoms with Crippen LogP contribution in [0.2, 0.25) is 0 Å². The average Bonchev–Trinajstić information content (AvgIpc) is 3.06. The van der Waals surface area contributed by atoms with Gasteiger partial charge in [0.05, 0.1) is 17.3 Å². The first kappa shape index (κ1) is 28.1. The number of carboxylic acids is 1. The maximum Gasteiger partial charge on any atom is 0.306 e. The number of aryl methyl sites for hydroxylation is 2. The Labute approximate surface area is 221 Å². The summed E-state index contributed by atoms with van der Waals surface area (Å²) < 4.78 is 6.20. The summed E-state index contributed by atoms with van der Waals surface area (Å²) >= 11 is 0. The number of carboxylic acid groups (broad SMARTS) is 1. The van der Waals surface area contributed by atoms with Crippen molar-refractivity contribution in [2.24, 2.45) is 5.92 Å². The van der Waals surface area contributed by atoms with Crippen LogP contribution in [0.3, 0.4) is 0 Å². The van der Waals surface area contributed by atoms with Gasteiger partial charge in [-0.3, -0.25) is 9.69 Å². The number of nitrogens with zero attached hydrogens (tertiary/aromatic N) is 1. The van der Waals surface area contributed by atoms with Gasteiger partial charge in [0.15, 0.2) is 0 Å². The molecule has 0 fully saturated rings. The van der Waals surface area contributed by atoms with Crippen LogP contribution in [0.1, 0.15) is 48.1 Å². The minimum atomic E-state index is -0.746. The van der Waals surface area contributed by atoms with E-state index in [1.165, 1.54) is 16.7 Å². The first-order chi connectivity index (χ1) is 17.7. The van der Waals surface area contributed by atoms with Crippen LogP contribution in [0, 0.1) is 19.8 Å². The Morgan fingerprint density at radius 1 is 1.14 bits per heavy atom. The van der Waals surface area contributed by atoms with Gasteiger partial charge in [0, 0.05) is 32.2 Å². The molecule has 1 aliphatic heterocycles. The van der Waals surface area contributed by atoms with Gasteiger partial charge in [-0.1, -0.05) is 62.4 Å². The zero-order valence-electron chi connectivity index (χ0n) is 22.8. The molecule has 0 bridgehead atoms. The standard InChI is InChI=1S/C23H29NO3.C8H12N2/c1-4-21-15-24(13-19-7-5-6-8-22(19)27-21)14-20-12-18(10-9-16(20)2)11-17(3)23(25)26;1-6-4-3-5-7(10-2)8(6)9/h5-10,12,17,21H,4,11,13-15H2,1-3H3,(H,25,26);3-5,10H,9H2,1-2H3. The monoisotopic (exact) mass is 503 g/mol. The van der Waals surface area contributed by atoms with Crippen molar-refractivity contribution in [1.82, 2.24) is 4.90 Å². The predicted octanol–water partition coefficient (Wildman–Crippen LogP) is 6.05. The summed E-state index contributed by atoms with van der Waals surface area (Å²) in [5.74, 6) is -0.125. The quantitative estimate of drug-likeness (QED) is 0.340. The highest BCUT2D eigenvalue weighted by Crippen LogP contribution is 2.27. The Bertz CT molecular complexity index is 1190. The Balaban J connectivity index is 0.000000319. The highest BCUT2D eigenvalue weighted by Gasteiger charge is 2.22. The first-order valence-corrected chi connectivity index (χ1v) is 13.0. The molecule has 0 saturated carbocycles. The van der Waals surface area contributed by atoms with Crippen LogP contribution in [0.4, 0.5) is 11.4 Å². The number of ether oxygens (including phenoxy) is 1. The van der Waals surface area contributed by atoms with Crippen molar-refractivity contribution in [2.75, 3.05) is 24.6 Å². The predicted molar refractivity (Wildman–Crippen MR) is 152 cm³/mol. The summed E-state index contributed by atoms with van der Waals surface area (Å²) in [7, 11) is 1.87. The minimum absolute atomic E-state index is 0.184. The van der Waals surface area contributed by atoms with Crippen LogP contribution < -0.4 is 15.8 Å². The van der Waals surface area contributed by atoms with Crippen molar-refractivity contribution < 1.29 is 14.6 Å². The number of aliphatic carboxylic acids is 1. The molecule has 2 unspecified atom stereocenters. The van der Waals surface area contributed by atoms with E-state index in [1.54, 1.807) is 6.92 Å². The van der Waals surface area contributed by atoms with Crippen LogP contribution in [-0.2, 0) is 24.3 Å². The molecule has 6 heteroatoms. The Hall–Kier alpha value is -3.51. The first-order valence-electron chi connectivity index (χ1n) is 13.0. The van der Waals surface area contributed by atoms with Crippen molar-refractivity contribution in [2.45, 2.75) is 59.7 Å². The fraction of sp³-hybridized carbons (Fsp3) is 0.387. The number of nitrogens with two attached hydrogens (primary N) is 1.